The summed E-state index contributed by atoms with van der Waals surface area (Å²) in [6.07, 6.45) is 3.66. The molecule has 0 amide bonds. The zero-order valence-corrected chi connectivity index (χ0v) is 9.69. The SMILES string of the molecule is CNC1CCC(Sc2cccc(F)c2)C1. The molecule has 1 N–H and O–H groups in total. The van der Waals surface area contributed by atoms with E-state index in [1.54, 1.807) is 23.9 Å². The number of hydrogen-bond acceptors (Lipinski definition) is 2. The minimum atomic E-state index is -0.136. The highest BCUT2D eigenvalue weighted by atomic mass is 32.2. The molecule has 0 spiro atoms. The van der Waals surface area contributed by atoms with Crippen LogP contribution in [0.25, 0.3) is 0 Å². The Balaban J connectivity index is 1.92. The summed E-state index contributed by atoms with van der Waals surface area (Å²) in [5.41, 5.74) is 0. The Morgan fingerprint density at radius 1 is 1.40 bits per heavy atom. The van der Waals surface area contributed by atoms with Gasteiger partial charge in [0.05, 0.1) is 0 Å². The number of hydrogen-bond donors (Lipinski definition) is 1. The van der Waals surface area contributed by atoms with Gasteiger partial charge in [0.1, 0.15) is 5.82 Å². The zero-order chi connectivity index (χ0) is 10.7. The summed E-state index contributed by atoms with van der Waals surface area (Å²) in [6.45, 7) is 0. The van der Waals surface area contributed by atoms with Crippen LogP contribution < -0.4 is 5.32 Å². The molecule has 1 aliphatic rings. The Hall–Kier alpha value is -0.540. The van der Waals surface area contributed by atoms with Crippen LogP contribution in [0.1, 0.15) is 19.3 Å². The van der Waals surface area contributed by atoms with E-state index in [0.717, 1.165) is 4.90 Å². The monoisotopic (exact) mass is 225 g/mol. The second kappa shape index (κ2) is 4.99. The maximum atomic E-state index is 13.0. The molecule has 0 heterocycles. The minimum absolute atomic E-state index is 0.136. The van der Waals surface area contributed by atoms with Crippen LogP contribution in [-0.4, -0.2) is 18.3 Å². The van der Waals surface area contributed by atoms with Crippen LogP contribution in [0.15, 0.2) is 29.2 Å². The third-order valence-corrected chi connectivity index (χ3v) is 4.18. The molecule has 0 aromatic heterocycles. The van der Waals surface area contributed by atoms with Crippen molar-refractivity contribution in [2.24, 2.45) is 0 Å². The van der Waals surface area contributed by atoms with E-state index in [9.17, 15) is 4.39 Å². The maximum Gasteiger partial charge on any atom is 0.124 e. The van der Waals surface area contributed by atoms with E-state index in [1.165, 1.54) is 25.3 Å². The smallest absolute Gasteiger partial charge is 0.124 e. The molecule has 1 nitrogen and oxygen atoms in total. The molecule has 1 aliphatic carbocycles. The first-order valence-corrected chi connectivity index (χ1v) is 6.25. The summed E-state index contributed by atoms with van der Waals surface area (Å²) in [4.78, 5) is 1.05. The van der Waals surface area contributed by atoms with Crippen molar-refractivity contribution in [3.05, 3.63) is 30.1 Å². The molecule has 0 aliphatic heterocycles. The zero-order valence-electron chi connectivity index (χ0n) is 8.87. The van der Waals surface area contributed by atoms with Gasteiger partial charge >= 0.3 is 0 Å². The molecular formula is C12H16FNS. The predicted molar refractivity (Wildman–Crippen MR) is 62.7 cm³/mol. The fourth-order valence-electron chi connectivity index (χ4n) is 2.04. The first kappa shape index (κ1) is 11.0. The van der Waals surface area contributed by atoms with Crippen LogP contribution in [0.4, 0.5) is 4.39 Å². The van der Waals surface area contributed by atoms with Gasteiger partial charge in [-0.25, -0.2) is 4.39 Å². The molecule has 1 saturated carbocycles. The molecule has 1 aromatic rings. The molecule has 2 unspecified atom stereocenters. The highest BCUT2D eigenvalue weighted by Gasteiger charge is 2.23. The normalized spacial score (nSPS) is 25.7. The van der Waals surface area contributed by atoms with Gasteiger partial charge in [-0.2, -0.15) is 0 Å². The lowest BCUT2D eigenvalue weighted by Crippen LogP contribution is -2.21. The van der Waals surface area contributed by atoms with Crippen molar-refractivity contribution in [2.75, 3.05) is 7.05 Å². The van der Waals surface area contributed by atoms with Gasteiger partial charge in [0.15, 0.2) is 0 Å². The Bertz CT molecular complexity index is 329. The lowest BCUT2D eigenvalue weighted by molar-refractivity contribution is 0.583. The van der Waals surface area contributed by atoms with Gasteiger partial charge in [-0.3, -0.25) is 0 Å². The third kappa shape index (κ3) is 2.95. The lowest BCUT2D eigenvalue weighted by atomic mass is 10.3. The minimum Gasteiger partial charge on any atom is -0.317 e. The van der Waals surface area contributed by atoms with Crippen molar-refractivity contribution >= 4 is 11.8 Å². The first-order valence-electron chi connectivity index (χ1n) is 5.37. The Labute approximate surface area is 94.5 Å². The predicted octanol–water partition coefficient (Wildman–Crippen LogP) is 3.06. The van der Waals surface area contributed by atoms with E-state index in [1.807, 2.05) is 13.1 Å². The van der Waals surface area contributed by atoms with E-state index in [4.69, 9.17) is 0 Å². The van der Waals surface area contributed by atoms with Crippen LogP contribution >= 0.6 is 11.8 Å². The fourth-order valence-corrected chi connectivity index (χ4v) is 3.35. The first-order chi connectivity index (χ1) is 7.28. The highest BCUT2D eigenvalue weighted by Crippen LogP contribution is 2.34. The van der Waals surface area contributed by atoms with Crippen LogP contribution in [0.5, 0.6) is 0 Å². The van der Waals surface area contributed by atoms with Crippen molar-refractivity contribution in [2.45, 2.75) is 35.4 Å². The second-order valence-corrected chi connectivity index (χ2v) is 5.37. The largest absolute Gasteiger partial charge is 0.317 e. The van der Waals surface area contributed by atoms with Crippen LogP contribution in [0.3, 0.4) is 0 Å². The van der Waals surface area contributed by atoms with Crippen LogP contribution in [0, 0.1) is 5.82 Å². The van der Waals surface area contributed by atoms with Crippen LogP contribution in [-0.2, 0) is 0 Å². The summed E-state index contributed by atoms with van der Waals surface area (Å²) >= 11 is 1.80. The van der Waals surface area contributed by atoms with Gasteiger partial charge in [0, 0.05) is 16.2 Å². The standard InChI is InChI=1S/C12H16FNS/c1-14-10-5-6-12(8-10)15-11-4-2-3-9(13)7-11/h2-4,7,10,12,14H,5-6,8H2,1H3. The van der Waals surface area contributed by atoms with E-state index in [0.29, 0.717) is 11.3 Å². The van der Waals surface area contributed by atoms with Gasteiger partial charge in [-0.05, 0) is 44.5 Å². The molecule has 2 atom stereocenters. The molecule has 2 rings (SSSR count). The fraction of sp³-hybridized carbons (Fsp3) is 0.500. The van der Waals surface area contributed by atoms with Gasteiger partial charge in [-0.1, -0.05) is 6.07 Å². The average Bonchev–Trinajstić information content (AvgIpc) is 2.65. The molecule has 15 heavy (non-hydrogen) atoms. The van der Waals surface area contributed by atoms with E-state index < -0.39 is 0 Å². The van der Waals surface area contributed by atoms with Gasteiger partial charge in [0.2, 0.25) is 0 Å². The molecule has 0 saturated heterocycles. The second-order valence-electron chi connectivity index (χ2n) is 4.00. The molecule has 82 valence electrons. The molecular weight excluding hydrogens is 209 g/mol. The topological polar surface area (TPSA) is 12.0 Å². The number of nitrogens with one attached hydrogen (secondary N) is 1. The quantitative estimate of drug-likeness (QED) is 0.848. The Morgan fingerprint density at radius 3 is 2.93 bits per heavy atom. The van der Waals surface area contributed by atoms with E-state index in [-0.39, 0.29) is 5.82 Å². The number of rotatable bonds is 3. The number of benzene rings is 1. The van der Waals surface area contributed by atoms with Crippen molar-refractivity contribution < 1.29 is 4.39 Å². The summed E-state index contributed by atoms with van der Waals surface area (Å²) in [5, 5.41) is 3.95. The Morgan fingerprint density at radius 2 is 2.27 bits per heavy atom. The van der Waals surface area contributed by atoms with Crippen molar-refractivity contribution in [1.82, 2.24) is 5.32 Å². The Kier molecular flexibility index (Phi) is 3.65. The molecule has 1 aromatic carbocycles. The van der Waals surface area contributed by atoms with Gasteiger partial charge in [0.25, 0.3) is 0 Å². The van der Waals surface area contributed by atoms with Crippen LogP contribution in [0.2, 0.25) is 0 Å². The van der Waals surface area contributed by atoms with E-state index >= 15 is 0 Å². The number of thioether (sulfide) groups is 1. The van der Waals surface area contributed by atoms with Gasteiger partial charge in [-0.15, -0.1) is 11.8 Å². The molecule has 1 fully saturated rings. The summed E-state index contributed by atoms with van der Waals surface area (Å²) in [7, 11) is 2.01. The molecule has 3 heteroatoms. The molecule has 0 bridgehead atoms. The summed E-state index contributed by atoms with van der Waals surface area (Å²) < 4.78 is 13.0. The lowest BCUT2D eigenvalue weighted by Gasteiger charge is -2.10. The summed E-state index contributed by atoms with van der Waals surface area (Å²) in [6, 6.07) is 7.53. The highest BCUT2D eigenvalue weighted by molar-refractivity contribution is 8.00. The van der Waals surface area contributed by atoms with Crippen molar-refractivity contribution in [3.63, 3.8) is 0 Å². The van der Waals surface area contributed by atoms with Gasteiger partial charge < -0.3 is 5.32 Å². The molecule has 0 radical (unpaired) electrons. The average molecular weight is 225 g/mol. The van der Waals surface area contributed by atoms with E-state index in [2.05, 4.69) is 5.32 Å². The summed E-state index contributed by atoms with van der Waals surface area (Å²) in [5.74, 6) is -0.136. The maximum absolute atomic E-state index is 13.0. The number of halogens is 1. The van der Waals surface area contributed by atoms with Crippen molar-refractivity contribution in [1.29, 1.82) is 0 Å². The third-order valence-electron chi connectivity index (χ3n) is 2.89. The van der Waals surface area contributed by atoms with Crippen molar-refractivity contribution in [3.8, 4) is 0 Å².